The molecule has 0 aliphatic carbocycles. The minimum Gasteiger partial charge on any atom is -0.0843 e. The summed E-state index contributed by atoms with van der Waals surface area (Å²) in [5, 5.41) is 0.810. The van der Waals surface area contributed by atoms with Gasteiger partial charge in [0.1, 0.15) is 0 Å². The molecule has 0 aliphatic heterocycles. The second-order valence-corrected chi connectivity index (χ2v) is 6.86. The van der Waals surface area contributed by atoms with Crippen LogP contribution in [-0.2, 0) is 0 Å². The summed E-state index contributed by atoms with van der Waals surface area (Å²) in [6.45, 7) is 27.3. The molecule has 0 aliphatic rings. The fourth-order valence-electron chi connectivity index (χ4n) is 1.41. The van der Waals surface area contributed by atoms with Gasteiger partial charge in [0, 0.05) is 5.02 Å². The van der Waals surface area contributed by atoms with E-state index < -0.39 is 0 Å². The molecule has 0 spiro atoms. The lowest BCUT2D eigenvalue weighted by Gasteiger charge is -2.00. The lowest BCUT2D eigenvalue weighted by Crippen LogP contribution is -1.85. The number of halogens is 1. The molecule has 0 amide bonds. The zero-order valence-electron chi connectivity index (χ0n) is 20.7. The molecule has 0 fully saturated rings. The summed E-state index contributed by atoms with van der Waals surface area (Å²) in [4.78, 5) is 0. The summed E-state index contributed by atoms with van der Waals surface area (Å²) >= 11 is 5.64. The first-order valence-corrected chi connectivity index (χ1v) is 11.4. The molecule has 1 aromatic carbocycles. The van der Waals surface area contributed by atoms with Crippen molar-refractivity contribution in [3.05, 3.63) is 34.9 Å². The van der Waals surface area contributed by atoms with Gasteiger partial charge in [0.15, 0.2) is 0 Å². The van der Waals surface area contributed by atoms with Crippen LogP contribution in [0.4, 0.5) is 0 Å². The largest absolute Gasteiger partial charge is 0.0843 e. The van der Waals surface area contributed by atoms with Gasteiger partial charge in [-0.15, -0.1) is 0 Å². The van der Waals surface area contributed by atoms with Gasteiger partial charge >= 0.3 is 0 Å². The molecule has 0 heterocycles. The predicted molar refractivity (Wildman–Crippen MR) is 130 cm³/mol. The Labute approximate surface area is 174 Å². The van der Waals surface area contributed by atoms with Gasteiger partial charge < -0.3 is 0 Å². The molecule has 1 aromatic rings. The van der Waals surface area contributed by atoms with Crippen LogP contribution in [0.2, 0.25) is 5.02 Å². The first kappa shape index (κ1) is 36.4. The Morgan fingerprint density at radius 3 is 1.46 bits per heavy atom. The van der Waals surface area contributed by atoms with Crippen LogP contribution in [0.15, 0.2) is 24.3 Å². The lowest BCUT2D eigenvalue weighted by molar-refractivity contribution is 0.534. The van der Waals surface area contributed by atoms with Crippen LogP contribution in [0.1, 0.15) is 114 Å². The second kappa shape index (κ2) is 35.6. The van der Waals surface area contributed by atoms with Crippen LogP contribution in [0.5, 0.6) is 0 Å². The van der Waals surface area contributed by atoms with E-state index in [4.69, 9.17) is 11.6 Å². The molecule has 0 bridgehead atoms. The Bertz CT molecular complexity index is 283. The summed E-state index contributed by atoms with van der Waals surface area (Å²) in [5.74, 6) is 1.74. The summed E-state index contributed by atoms with van der Waals surface area (Å²) in [6, 6.07) is 7.76. The monoisotopic (exact) mass is 388 g/mol. The highest BCUT2D eigenvalue weighted by molar-refractivity contribution is 6.30. The van der Waals surface area contributed by atoms with E-state index in [1.165, 1.54) is 31.2 Å². The minimum absolute atomic E-state index is 0.810. The summed E-state index contributed by atoms with van der Waals surface area (Å²) in [7, 11) is 0. The van der Waals surface area contributed by atoms with Gasteiger partial charge in [-0.1, -0.05) is 133 Å². The van der Waals surface area contributed by atoms with E-state index in [0.717, 1.165) is 16.9 Å². The second-order valence-electron chi connectivity index (χ2n) is 6.42. The highest BCUT2D eigenvalue weighted by atomic mass is 35.5. The van der Waals surface area contributed by atoms with Crippen molar-refractivity contribution in [3.8, 4) is 0 Å². The summed E-state index contributed by atoms with van der Waals surface area (Å²) < 4.78 is 0. The maximum Gasteiger partial charge on any atom is 0.0408 e. The first-order chi connectivity index (χ1) is 12.3. The molecule has 1 heteroatoms. The van der Waals surface area contributed by atoms with Crippen LogP contribution >= 0.6 is 11.6 Å². The molecule has 0 atom stereocenters. The highest BCUT2D eigenvalue weighted by Gasteiger charge is 1.90. The Balaban J connectivity index is -0.0000000766. The molecule has 1 rings (SSSR count). The summed E-state index contributed by atoms with van der Waals surface area (Å²) in [5.41, 5.74) is 1.21. The predicted octanol–water partition coefficient (Wildman–Crippen LogP) is 10.6. The topological polar surface area (TPSA) is 0 Å². The molecule has 26 heavy (non-hydrogen) atoms. The van der Waals surface area contributed by atoms with Crippen molar-refractivity contribution in [1.29, 1.82) is 0 Å². The minimum atomic E-state index is 0.810. The van der Waals surface area contributed by atoms with E-state index in [9.17, 15) is 0 Å². The SMILES string of the molecule is CC.CC.CC.CC(C)C.CCCCCC(C)C.Cc1cccc(Cl)c1. The molecule has 0 saturated heterocycles. The molecule has 0 saturated carbocycles. The third-order valence-electron chi connectivity index (χ3n) is 2.37. The van der Waals surface area contributed by atoms with E-state index in [2.05, 4.69) is 41.5 Å². The van der Waals surface area contributed by atoms with Crippen molar-refractivity contribution in [2.45, 2.75) is 116 Å². The average molecular weight is 389 g/mol. The van der Waals surface area contributed by atoms with Crippen molar-refractivity contribution in [2.75, 3.05) is 0 Å². The zero-order chi connectivity index (χ0) is 22.0. The first-order valence-electron chi connectivity index (χ1n) is 11.0. The van der Waals surface area contributed by atoms with Gasteiger partial charge in [0.2, 0.25) is 0 Å². The van der Waals surface area contributed by atoms with E-state index in [0.29, 0.717) is 0 Å². The molecular formula is C25H53Cl. The van der Waals surface area contributed by atoms with Gasteiger partial charge in [0.25, 0.3) is 0 Å². The number of hydrogen-bond donors (Lipinski definition) is 0. The van der Waals surface area contributed by atoms with Gasteiger partial charge in [-0.2, -0.15) is 0 Å². The quantitative estimate of drug-likeness (QED) is 0.449. The maximum atomic E-state index is 5.64. The van der Waals surface area contributed by atoms with E-state index in [1.54, 1.807) is 0 Å². The zero-order valence-corrected chi connectivity index (χ0v) is 21.4. The van der Waals surface area contributed by atoms with Crippen LogP contribution in [0.25, 0.3) is 0 Å². The van der Waals surface area contributed by atoms with Crippen molar-refractivity contribution in [2.24, 2.45) is 11.8 Å². The van der Waals surface area contributed by atoms with E-state index >= 15 is 0 Å². The third kappa shape index (κ3) is 56.6. The lowest BCUT2D eigenvalue weighted by atomic mass is 10.1. The van der Waals surface area contributed by atoms with Crippen LogP contribution in [-0.4, -0.2) is 0 Å². The number of benzene rings is 1. The fraction of sp³-hybridized carbons (Fsp3) is 0.760. The Morgan fingerprint density at radius 2 is 1.23 bits per heavy atom. The smallest absolute Gasteiger partial charge is 0.0408 e. The van der Waals surface area contributed by atoms with Crippen molar-refractivity contribution < 1.29 is 0 Å². The normalized spacial score (nSPS) is 8.15. The number of rotatable bonds is 4. The Kier molecular flexibility index (Phi) is 49.9. The molecule has 0 nitrogen and oxygen atoms in total. The number of aryl methyl sites for hydroxylation is 1. The van der Waals surface area contributed by atoms with Crippen molar-refractivity contribution >= 4 is 11.6 Å². The Hall–Kier alpha value is -0.490. The molecular weight excluding hydrogens is 336 g/mol. The van der Waals surface area contributed by atoms with Gasteiger partial charge in [-0.3, -0.25) is 0 Å². The maximum absolute atomic E-state index is 5.64. The van der Waals surface area contributed by atoms with E-state index in [1.807, 2.05) is 72.7 Å². The number of unbranched alkanes of at least 4 members (excludes halogenated alkanes) is 2. The average Bonchev–Trinajstić information content (AvgIpc) is 2.60. The Morgan fingerprint density at radius 1 is 0.808 bits per heavy atom. The standard InChI is InChI=1S/C8H18.C7H7Cl.C4H10.3C2H6/c1-4-5-6-7-8(2)3;1-6-3-2-4-7(8)5-6;1-4(2)3;3*1-2/h8H,4-7H2,1-3H3;2-5H,1H3;4H,1-3H3;3*1-2H3. The fourth-order valence-corrected chi connectivity index (χ4v) is 1.65. The van der Waals surface area contributed by atoms with Crippen molar-refractivity contribution in [1.82, 2.24) is 0 Å². The summed E-state index contributed by atoms with van der Waals surface area (Å²) in [6.07, 6.45) is 5.60. The highest BCUT2D eigenvalue weighted by Crippen LogP contribution is 2.08. The van der Waals surface area contributed by atoms with Gasteiger partial charge in [-0.05, 0) is 36.5 Å². The van der Waals surface area contributed by atoms with Gasteiger partial charge in [-0.25, -0.2) is 0 Å². The molecule has 0 aromatic heterocycles. The van der Waals surface area contributed by atoms with Crippen LogP contribution in [0, 0.1) is 18.8 Å². The molecule has 160 valence electrons. The molecule has 0 N–H and O–H groups in total. The molecule has 0 radical (unpaired) electrons. The van der Waals surface area contributed by atoms with Crippen LogP contribution < -0.4 is 0 Å². The number of hydrogen-bond acceptors (Lipinski definition) is 0. The van der Waals surface area contributed by atoms with Crippen LogP contribution in [0.3, 0.4) is 0 Å². The van der Waals surface area contributed by atoms with Crippen molar-refractivity contribution in [3.63, 3.8) is 0 Å². The van der Waals surface area contributed by atoms with E-state index in [-0.39, 0.29) is 0 Å². The molecule has 0 unspecified atom stereocenters. The third-order valence-corrected chi connectivity index (χ3v) is 2.60. The van der Waals surface area contributed by atoms with Gasteiger partial charge in [0.05, 0.1) is 0 Å².